The van der Waals surface area contributed by atoms with E-state index in [1.807, 2.05) is 36.6 Å². The first kappa shape index (κ1) is 22.9. The Hall–Kier alpha value is -3.24. The Kier molecular flexibility index (Phi) is 6.22. The van der Waals surface area contributed by atoms with E-state index in [0.717, 1.165) is 23.1 Å². The fraction of sp³-hybridized carbons (Fsp3) is 0.261. The molecule has 1 atom stereocenters. The number of amides is 2. The second kappa shape index (κ2) is 8.95. The third-order valence-corrected chi connectivity index (χ3v) is 7.56. The zero-order valence-corrected chi connectivity index (χ0v) is 20.1. The lowest BCUT2D eigenvalue weighted by Gasteiger charge is -2.16. The van der Waals surface area contributed by atoms with Gasteiger partial charge in [0.15, 0.2) is 5.13 Å². The first-order valence-corrected chi connectivity index (χ1v) is 13.0. The third-order valence-electron chi connectivity index (χ3n) is 5.60. The van der Waals surface area contributed by atoms with Crippen LogP contribution in [0.15, 0.2) is 53.9 Å². The Morgan fingerprint density at radius 1 is 1.15 bits per heavy atom. The van der Waals surface area contributed by atoms with E-state index in [-0.39, 0.29) is 18.2 Å². The molecule has 1 fully saturated rings. The van der Waals surface area contributed by atoms with E-state index in [2.05, 4.69) is 10.3 Å². The molecule has 10 heteroatoms. The second-order valence-corrected chi connectivity index (χ2v) is 10.9. The van der Waals surface area contributed by atoms with Gasteiger partial charge in [0, 0.05) is 36.6 Å². The number of rotatable bonds is 6. The standard InChI is InChI=1S/C23H24N4O4S2/c1-15-4-8-19(9-5-15)27-13-17(12-21(27)28)22(29)25-23-24-20(14-32-23)16-6-10-18(11-7-16)26(2)33(3,30)31/h4-11,14,17H,12-13H2,1-3H3,(H,24,25,29). The molecule has 2 amide bonds. The summed E-state index contributed by atoms with van der Waals surface area (Å²) in [5, 5.41) is 5.10. The molecule has 172 valence electrons. The van der Waals surface area contributed by atoms with Crippen molar-refractivity contribution in [1.82, 2.24) is 4.98 Å². The molecule has 1 saturated heterocycles. The molecule has 0 bridgehead atoms. The van der Waals surface area contributed by atoms with Crippen molar-refractivity contribution in [3.63, 3.8) is 0 Å². The summed E-state index contributed by atoms with van der Waals surface area (Å²) in [6.07, 6.45) is 1.31. The predicted molar refractivity (Wildman–Crippen MR) is 131 cm³/mol. The van der Waals surface area contributed by atoms with E-state index in [1.165, 1.54) is 22.7 Å². The smallest absolute Gasteiger partial charge is 0.231 e. The minimum absolute atomic E-state index is 0.0713. The maximum Gasteiger partial charge on any atom is 0.231 e. The summed E-state index contributed by atoms with van der Waals surface area (Å²) in [6.45, 7) is 2.32. The van der Waals surface area contributed by atoms with Gasteiger partial charge in [-0.1, -0.05) is 29.8 Å². The number of nitrogens with one attached hydrogen (secondary N) is 1. The van der Waals surface area contributed by atoms with Crippen molar-refractivity contribution in [3.8, 4) is 11.3 Å². The van der Waals surface area contributed by atoms with Crippen molar-refractivity contribution in [2.24, 2.45) is 5.92 Å². The van der Waals surface area contributed by atoms with Crippen molar-refractivity contribution in [2.75, 3.05) is 34.4 Å². The molecule has 2 aromatic carbocycles. The minimum atomic E-state index is -3.33. The summed E-state index contributed by atoms with van der Waals surface area (Å²) < 4.78 is 24.6. The number of carbonyl (C=O) groups is 2. The van der Waals surface area contributed by atoms with Crippen LogP contribution in [0, 0.1) is 12.8 Å². The molecule has 3 aromatic rings. The number of aryl methyl sites for hydroxylation is 1. The number of thiazole rings is 1. The molecule has 8 nitrogen and oxygen atoms in total. The van der Waals surface area contributed by atoms with Crippen LogP contribution in [-0.4, -0.2) is 45.1 Å². The molecule has 33 heavy (non-hydrogen) atoms. The number of aromatic nitrogens is 1. The Morgan fingerprint density at radius 2 is 1.82 bits per heavy atom. The molecule has 0 radical (unpaired) electrons. The molecule has 1 aliphatic heterocycles. The summed E-state index contributed by atoms with van der Waals surface area (Å²) in [6, 6.07) is 14.6. The second-order valence-electron chi connectivity index (χ2n) is 8.05. The molecule has 1 aliphatic rings. The van der Waals surface area contributed by atoms with Gasteiger partial charge in [0.05, 0.1) is 23.6 Å². The highest BCUT2D eigenvalue weighted by Gasteiger charge is 2.35. The van der Waals surface area contributed by atoms with Crippen LogP contribution in [-0.2, 0) is 19.6 Å². The largest absolute Gasteiger partial charge is 0.312 e. The van der Waals surface area contributed by atoms with Crippen LogP contribution < -0.4 is 14.5 Å². The summed E-state index contributed by atoms with van der Waals surface area (Å²) in [5.74, 6) is -0.751. The molecule has 2 heterocycles. The SMILES string of the molecule is Cc1ccc(N2CC(C(=O)Nc3nc(-c4ccc(N(C)S(C)(=O)=O)cc4)cs3)CC2=O)cc1. The zero-order chi connectivity index (χ0) is 23.8. The van der Waals surface area contributed by atoms with Crippen molar-refractivity contribution in [2.45, 2.75) is 13.3 Å². The first-order chi connectivity index (χ1) is 15.6. The number of hydrogen-bond donors (Lipinski definition) is 1. The van der Waals surface area contributed by atoms with Gasteiger partial charge >= 0.3 is 0 Å². The fourth-order valence-electron chi connectivity index (χ4n) is 3.56. The molecule has 1 N–H and O–H groups in total. The maximum atomic E-state index is 12.8. The van der Waals surface area contributed by atoms with E-state index < -0.39 is 15.9 Å². The number of nitrogens with zero attached hydrogens (tertiary/aromatic N) is 3. The highest BCUT2D eigenvalue weighted by molar-refractivity contribution is 7.92. The maximum absolute atomic E-state index is 12.8. The van der Waals surface area contributed by atoms with E-state index in [4.69, 9.17) is 0 Å². The Bertz CT molecular complexity index is 1280. The molecular formula is C23H24N4O4S2. The summed E-state index contributed by atoms with van der Waals surface area (Å²) in [5.41, 5.74) is 3.93. The average molecular weight is 485 g/mol. The molecule has 0 saturated carbocycles. The van der Waals surface area contributed by atoms with Crippen LogP contribution in [0.5, 0.6) is 0 Å². The van der Waals surface area contributed by atoms with Crippen LogP contribution in [0.3, 0.4) is 0 Å². The van der Waals surface area contributed by atoms with E-state index >= 15 is 0 Å². The fourth-order valence-corrected chi connectivity index (χ4v) is 4.79. The average Bonchev–Trinajstić information content (AvgIpc) is 3.40. The lowest BCUT2D eigenvalue weighted by molar-refractivity contribution is -0.122. The Labute approximate surface area is 196 Å². The van der Waals surface area contributed by atoms with Crippen LogP contribution >= 0.6 is 11.3 Å². The van der Waals surface area contributed by atoms with Gasteiger partial charge in [-0.25, -0.2) is 13.4 Å². The summed E-state index contributed by atoms with van der Waals surface area (Å²) in [4.78, 5) is 31.3. The van der Waals surface area contributed by atoms with Crippen LogP contribution in [0.2, 0.25) is 0 Å². The number of sulfonamides is 1. The van der Waals surface area contributed by atoms with Crippen LogP contribution in [0.25, 0.3) is 11.3 Å². The van der Waals surface area contributed by atoms with Crippen molar-refractivity contribution in [1.29, 1.82) is 0 Å². The van der Waals surface area contributed by atoms with Crippen LogP contribution in [0.4, 0.5) is 16.5 Å². The van der Waals surface area contributed by atoms with Gasteiger partial charge in [0.2, 0.25) is 21.8 Å². The zero-order valence-electron chi connectivity index (χ0n) is 18.5. The first-order valence-electron chi connectivity index (χ1n) is 10.3. The number of benzene rings is 2. The normalized spacial score (nSPS) is 16.2. The van der Waals surface area contributed by atoms with Gasteiger partial charge < -0.3 is 10.2 Å². The number of carbonyl (C=O) groups excluding carboxylic acids is 2. The molecule has 4 rings (SSSR count). The Morgan fingerprint density at radius 3 is 2.45 bits per heavy atom. The summed E-state index contributed by atoms with van der Waals surface area (Å²) in [7, 11) is -1.84. The highest BCUT2D eigenvalue weighted by Crippen LogP contribution is 2.29. The number of anilines is 3. The van der Waals surface area contributed by atoms with Crippen molar-refractivity contribution in [3.05, 3.63) is 59.5 Å². The van der Waals surface area contributed by atoms with Gasteiger partial charge in [-0.15, -0.1) is 11.3 Å². The topological polar surface area (TPSA) is 99.7 Å². The lowest BCUT2D eigenvalue weighted by atomic mass is 10.1. The molecule has 0 aliphatic carbocycles. The van der Waals surface area contributed by atoms with Gasteiger partial charge in [-0.05, 0) is 31.2 Å². The third kappa shape index (κ3) is 5.07. The summed E-state index contributed by atoms with van der Waals surface area (Å²) >= 11 is 1.30. The highest BCUT2D eigenvalue weighted by atomic mass is 32.2. The van der Waals surface area contributed by atoms with E-state index in [9.17, 15) is 18.0 Å². The predicted octanol–water partition coefficient (Wildman–Crippen LogP) is 3.51. The molecule has 1 aromatic heterocycles. The van der Waals surface area contributed by atoms with Gasteiger partial charge in [-0.2, -0.15) is 0 Å². The van der Waals surface area contributed by atoms with Crippen molar-refractivity contribution < 1.29 is 18.0 Å². The monoisotopic (exact) mass is 484 g/mol. The molecular weight excluding hydrogens is 460 g/mol. The quantitative estimate of drug-likeness (QED) is 0.577. The van der Waals surface area contributed by atoms with Gasteiger partial charge in [-0.3, -0.25) is 13.9 Å². The van der Waals surface area contributed by atoms with Gasteiger partial charge in [0.1, 0.15) is 0 Å². The molecule has 1 unspecified atom stereocenters. The number of hydrogen-bond acceptors (Lipinski definition) is 6. The van der Waals surface area contributed by atoms with E-state index in [1.54, 1.807) is 29.2 Å². The van der Waals surface area contributed by atoms with E-state index in [0.29, 0.717) is 23.1 Å². The molecule has 0 spiro atoms. The van der Waals surface area contributed by atoms with Crippen molar-refractivity contribution >= 4 is 49.7 Å². The van der Waals surface area contributed by atoms with Crippen LogP contribution in [0.1, 0.15) is 12.0 Å². The lowest BCUT2D eigenvalue weighted by Crippen LogP contribution is -2.28. The minimum Gasteiger partial charge on any atom is -0.312 e. The van der Waals surface area contributed by atoms with Gasteiger partial charge in [0.25, 0.3) is 0 Å². The Balaban J connectivity index is 1.41.